The number of hydrogen-bond donors (Lipinski definition) is 0. The molecule has 3 aromatic rings. The standard InChI is InChI=1S/C18H14O/c19-17-13-7-12-16(14-8-3-1-4-9-14)18(17)15-10-5-2-6-11-15/h1-13,19H/p-1. The molecule has 0 N–H and O–H groups in total. The summed E-state index contributed by atoms with van der Waals surface area (Å²) in [6.45, 7) is 0. The molecule has 3 rings (SSSR count). The van der Waals surface area contributed by atoms with Crippen LogP contribution in [0.1, 0.15) is 0 Å². The number of rotatable bonds is 2. The molecule has 0 radical (unpaired) electrons. The number of hydrogen-bond acceptors (Lipinski definition) is 1. The van der Waals surface area contributed by atoms with Crippen molar-refractivity contribution in [3.05, 3.63) is 78.9 Å². The van der Waals surface area contributed by atoms with Gasteiger partial charge in [0.2, 0.25) is 0 Å². The zero-order valence-corrected chi connectivity index (χ0v) is 10.4. The minimum absolute atomic E-state index is 0.0625. The van der Waals surface area contributed by atoms with E-state index in [0.717, 1.165) is 22.3 Å². The molecule has 1 heteroatoms. The van der Waals surface area contributed by atoms with Crippen molar-refractivity contribution in [3.63, 3.8) is 0 Å². The van der Waals surface area contributed by atoms with E-state index < -0.39 is 0 Å². The second-order valence-electron chi connectivity index (χ2n) is 4.41. The highest BCUT2D eigenvalue weighted by Crippen LogP contribution is 2.36. The SMILES string of the molecule is [O-]c1cccc(-c2ccccc2)c1-c1ccccc1. The third-order valence-corrected chi connectivity index (χ3v) is 3.17. The van der Waals surface area contributed by atoms with E-state index in [1.54, 1.807) is 6.07 Å². The normalized spacial score (nSPS) is 10.3. The molecule has 0 fully saturated rings. The molecule has 3 aromatic carbocycles. The van der Waals surface area contributed by atoms with E-state index in [4.69, 9.17) is 0 Å². The molecule has 0 amide bonds. The third kappa shape index (κ3) is 2.23. The van der Waals surface area contributed by atoms with E-state index in [0.29, 0.717) is 0 Å². The van der Waals surface area contributed by atoms with Gasteiger partial charge in [-0.05, 0) is 22.3 Å². The van der Waals surface area contributed by atoms with E-state index in [1.807, 2.05) is 72.8 Å². The molecule has 0 aliphatic carbocycles. The molecule has 0 atom stereocenters. The zero-order valence-electron chi connectivity index (χ0n) is 10.4. The molecule has 0 spiro atoms. The Labute approximate surface area is 112 Å². The summed E-state index contributed by atoms with van der Waals surface area (Å²) < 4.78 is 0. The second-order valence-corrected chi connectivity index (χ2v) is 4.41. The highest BCUT2D eigenvalue weighted by Gasteiger charge is 2.06. The monoisotopic (exact) mass is 245 g/mol. The van der Waals surface area contributed by atoms with Gasteiger partial charge in [-0.1, -0.05) is 78.9 Å². The average molecular weight is 245 g/mol. The maximum atomic E-state index is 12.2. The third-order valence-electron chi connectivity index (χ3n) is 3.17. The van der Waals surface area contributed by atoms with Crippen LogP contribution < -0.4 is 5.11 Å². The first-order chi connectivity index (χ1) is 9.36. The first kappa shape index (κ1) is 11.5. The fourth-order valence-corrected chi connectivity index (χ4v) is 2.29. The molecule has 19 heavy (non-hydrogen) atoms. The molecule has 0 saturated heterocycles. The first-order valence-corrected chi connectivity index (χ1v) is 6.27. The van der Waals surface area contributed by atoms with Gasteiger partial charge in [-0.15, -0.1) is 5.75 Å². The minimum atomic E-state index is 0.0625. The molecule has 0 bridgehead atoms. The Morgan fingerprint density at radius 3 is 1.74 bits per heavy atom. The Balaban J connectivity index is 2.25. The Morgan fingerprint density at radius 1 is 0.526 bits per heavy atom. The van der Waals surface area contributed by atoms with Crippen LogP contribution in [0.4, 0.5) is 0 Å². The van der Waals surface area contributed by atoms with Gasteiger partial charge in [0.15, 0.2) is 0 Å². The summed E-state index contributed by atoms with van der Waals surface area (Å²) in [7, 11) is 0. The van der Waals surface area contributed by atoms with Crippen molar-refractivity contribution < 1.29 is 5.11 Å². The molecule has 0 heterocycles. The average Bonchev–Trinajstić information content (AvgIpc) is 2.49. The van der Waals surface area contributed by atoms with Gasteiger partial charge >= 0.3 is 0 Å². The summed E-state index contributed by atoms with van der Waals surface area (Å²) in [6, 6.07) is 25.3. The van der Waals surface area contributed by atoms with Crippen molar-refractivity contribution in [2.75, 3.05) is 0 Å². The maximum Gasteiger partial charge on any atom is -0.0112 e. The molecular formula is C18H13O-. The number of benzene rings is 3. The maximum absolute atomic E-state index is 12.2. The van der Waals surface area contributed by atoms with Crippen LogP contribution in [0.5, 0.6) is 5.75 Å². The van der Waals surface area contributed by atoms with E-state index >= 15 is 0 Å². The van der Waals surface area contributed by atoms with Crippen LogP contribution in [0.25, 0.3) is 22.3 Å². The molecule has 1 nitrogen and oxygen atoms in total. The Bertz CT molecular complexity index is 673. The lowest BCUT2D eigenvalue weighted by atomic mass is 9.94. The van der Waals surface area contributed by atoms with Crippen molar-refractivity contribution >= 4 is 0 Å². The summed E-state index contributed by atoms with van der Waals surface area (Å²) in [5.74, 6) is 0.0625. The van der Waals surface area contributed by atoms with Gasteiger partial charge < -0.3 is 5.11 Å². The van der Waals surface area contributed by atoms with Crippen LogP contribution in [0.2, 0.25) is 0 Å². The fraction of sp³-hybridized carbons (Fsp3) is 0. The minimum Gasteiger partial charge on any atom is -0.872 e. The molecule has 0 aromatic heterocycles. The molecular weight excluding hydrogens is 232 g/mol. The molecule has 92 valence electrons. The van der Waals surface area contributed by atoms with Gasteiger partial charge in [0.25, 0.3) is 0 Å². The van der Waals surface area contributed by atoms with Crippen LogP contribution in [-0.2, 0) is 0 Å². The lowest BCUT2D eigenvalue weighted by molar-refractivity contribution is -0.267. The summed E-state index contributed by atoms with van der Waals surface area (Å²) in [4.78, 5) is 0. The fourth-order valence-electron chi connectivity index (χ4n) is 2.29. The topological polar surface area (TPSA) is 23.1 Å². The lowest BCUT2D eigenvalue weighted by Gasteiger charge is -2.18. The van der Waals surface area contributed by atoms with E-state index in [1.165, 1.54) is 0 Å². The summed E-state index contributed by atoms with van der Waals surface area (Å²) >= 11 is 0. The van der Waals surface area contributed by atoms with Crippen molar-refractivity contribution in [2.24, 2.45) is 0 Å². The highest BCUT2D eigenvalue weighted by molar-refractivity contribution is 5.87. The predicted molar refractivity (Wildman–Crippen MR) is 76.8 cm³/mol. The van der Waals surface area contributed by atoms with Gasteiger partial charge in [0.1, 0.15) is 0 Å². The highest BCUT2D eigenvalue weighted by atomic mass is 16.3. The van der Waals surface area contributed by atoms with Crippen LogP contribution in [0.15, 0.2) is 78.9 Å². The van der Waals surface area contributed by atoms with Crippen molar-refractivity contribution in [1.82, 2.24) is 0 Å². The van der Waals surface area contributed by atoms with Crippen LogP contribution in [0.3, 0.4) is 0 Å². The Kier molecular flexibility index (Phi) is 3.03. The quantitative estimate of drug-likeness (QED) is 0.666. The van der Waals surface area contributed by atoms with Crippen molar-refractivity contribution in [3.8, 4) is 28.0 Å². The molecule has 0 unspecified atom stereocenters. The zero-order chi connectivity index (χ0) is 13.1. The van der Waals surface area contributed by atoms with Gasteiger partial charge in [0.05, 0.1) is 0 Å². The van der Waals surface area contributed by atoms with Crippen molar-refractivity contribution in [2.45, 2.75) is 0 Å². The Morgan fingerprint density at radius 2 is 1.11 bits per heavy atom. The van der Waals surface area contributed by atoms with Gasteiger partial charge in [-0.3, -0.25) is 0 Å². The van der Waals surface area contributed by atoms with E-state index in [-0.39, 0.29) is 5.75 Å². The van der Waals surface area contributed by atoms with E-state index in [2.05, 4.69) is 0 Å². The predicted octanol–water partition coefficient (Wildman–Crippen LogP) is 4.09. The van der Waals surface area contributed by atoms with Crippen LogP contribution in [-0.4, -0.2) is 0 Å². The van der Waals surface area contributed by atoms with Crippen LogP contribution >= 0.6 is 0 Å². The summed E-state index contributed by atoms with van der Waals surface area (Å²) in [5, 5.41) is 12.2. The van der Waals surface area contributed by atoms with E-state index in [9.17, 15) is 5.11 Å². The molecule has 0 aliphatic heterocycles. The van der Waals surface area contributed by atoms with Gasteiger partial charge in [-0.25, -0.2) is 0 Å². The van der Waals surface area contributed by atoms with Crippen molar-refractivity contribution in [1.29, 1.82) is 0 Å². The first-order valence-electron chi connectivity index (χ1n) is 6.27. The Hall–Kier alpha value is -2.54. The second kappa shape index (κ2) is 4.99. The lowest BCUT2D eigenvalue weighted by Crippen LogP contribution is -1.95. The summed E-state index contributed by atoms with van der Waals surface area (Å²) in [6.07, 6.45) is 0. The largest absolute Gasteiger partial charge is 0.872 e. The smallest absolute Gasteiger partial charge is 0.0112 e. The summed E-state index contributed by atoms with van der Waals surface area (Å²) in [5.41, 5.74) is 3.79. The van der Waals surface area contributed by atoms with Gasteiger partial charge in [0, 0.05) is 0 Å². The molecule has 0 saturated carbocycles. The van der Waals surface area contributed by atoms with Gasteiger partial charge in [-0.2, -0.15) is 0 Å². The molecule has 0 aliphatic rings. The van der Waals surface area contributed by atoms with Crippen LogP contribution in [0, 0.1) is 0 Å².